The first-order valence-electron chi connectivity index (χ1n) is 6.30. The molecule has 1 heterocycles. The maximum absolute atomic E-state index is 13.8. The summed E-state index contributed by atoms with van der Waals surface area (Å²) in [6.07, 6.45) is 0.721. The molecule has 18 heavy (non-hydrogen) atoms. The van der Waals surface area contributed by atoms with E-state index >= 15 is 0 Å². The number of anilines is 1. The van der Waals surface area contributed by atoms with Crippen molar-refractivity contribution in [2.75, 3.05) is 37.7 Å². The van der Waals surface area contributed by atoms with Gasteiger partial charge in [-0.1, -0.05) is 6.92 Å². The number of nitrogens with zero attached hydrogens (tertiary/aromatic N) is 1. The summed E-state index contributed by atoms with van der Waals surface area (Å²) in [5, 5.41) is 3.20. The van der Waals surface area contributed by atoms with E-state index in [1.54, 1.807) is 0 Å². The molecule has 0 bridgehead atoms. The van der Waals surface area contributed by atoms with Crippen molar-refractivity contribution in [2.24, 2.45) is 0 Å². The first kappa shape index (κ1) is 13.1. The second kappa shape index (κ2) is 6.00. The average Bonchev–Trinajstić information content (AvgIpc) is 2.39. The molecule has 0 radical (unpaired) electrons. The van der Waals surface area contributed by atoms with Gasteiger partial charge in [0, 0.05) is 44.0 Å². The highest BCUT2D eigenvalue weighted by molar-refractivity contribution is 5.51. The molecule has 1 fully saturated rings. The van der Waals surface area contributed by atoms with E-state index in [2.05, 4.69) is 5.32 Å². The van der Waals surface area contributed by atoms with Gasteiger partial charge in [-0.15, -0.1) is 0 Å². The smallest absolute Gasteiger partial charge is 0.190 e. The lowest BCUT2D eigenvalue weighted by Gasteiger charge is -2.29. The lowest BCUT2D eigenvalue weighted by Crippen LogP contribution is -2.43. The zero-order valence-electron chi connectivity index (χ0n) is 10.5. The predicted octanol–water partition coefficient (Wildman–Crippen LogP) is 2.16. The topological polar surface area (TPSA) is 24.5 Å². The minimum Gasteiger partial charge on any atom is -0.488 e. The largest absolute Gasteiger partial charge is 0.488 e. The van der Waals surface area contributed by atoms with Crippen molar-refractivity contribution in [2.45, 2.75) is 13.3 Å². The fourth-order valence-electron chi connectivity index (χ4n) is 1.99. The van der Waals surface area contributed by atoms with E-state index in [4.69, 9.17) is 4.74 Å². The van der Waals surface area contributed by atoms with Crippen LogP contribution in [0.5, 0.6) is 5.75 Å². The second-order valence-electron chi connectivity index (χ2n) is 4.32. The molecule has 0 spiro atoms. The molecule has 0 saturated carbocycles. The summed E-state index contributed by atoms with van der Waals surface area (Å²) in [6, 6.07) is 2.69. The summed E-state index contributed by atoms with van der Waals surface area (Å²) < 4.78 is 32.6. The molecular weight excluding hydrogens is 238 g/mol. The van der Waals surface area contributed by atoms with Crippen LogP contribution in [0, 0.1) is 11.6 Å². The standard InChI is InChI=1S/C13H18F2N2O/c1-2-7-18-13-11(14)8-10(9-12(13)15)17-5-3-16-4-6-17/h8-9,16H,2-7H2,1H3. The van der Waals surface area contributed by atoms with Crippen molar-refractivity contribution < 1.29 is 13.5 Å². The van der Waals surface area contributed by atoms with E-state index in [1.165, 1.54) is 12.1 Å². The van der Waals surface area contributed by atoms with E-state index in [0.717, 1.165) is 32.6 Å². The van der Waals surface area contributed by atoms with Crippen LogP contribution in [0.3, 0.4) is 0 Å². The third-order valence-electron chi connectivity index (χ3n) is 2.92. The Balaban J connectivity index is 2.18. The van der Waals surface area contributed by atoms with Crippen molar-refractivity contribution in [1.29, 1.82) is 0 Å². The van der Waals surface area contributed by atoms with Gasteiger partial charge in [0.25, 0.3) is 0 Å². The number of halogens is 2. The number of hydrogen-bond donors (Lipinski definition) is 1. The Labute approximate surface area is 106 Å². The molecule has 2 rings (SSSR count). The first-order chi connectivity index (χ1) is 8.72. The number of rotatable bonds is 4. The summed E-state index contributed by atoms with van der Waals surface area (Å²) in [5.41, 5.74) is 0.579. The van der Waals surface area contributed by atoms with Gasteiger partial charge in [0.2, 0.25) is 0 Å². The van der Waals surface area contributed by atoms with Crippen LogP contribution in [0.15, 0.2) is 12.1 Å². The quantitative estimate of drug-likeness (QED) is 0.893. The van der Waals surface area contributed by atoms with Gasteiger partial charge in [0.15, 0.2) is 17.4 Å². The van der Waals surface area contributed by atoms with Gasteiger partial charge >= 0.3 is 0 Å². The minimum atomic E-state index is -0.628. The molecule has 3 nitrogen and oxygen atoms in total. The molecule has 1 saturated heterocycles. The highest BCUT2D eigenvalue weighted by Crippen LogP contribution is 2.28. The molecule has 0 unspecified atom stereocenters. The zero-order valence-corrected chi connectivity index (χ0v) is 10.5. The molecule has 1 aromatic rings. The first-order valence-corrected chi connectivity index (χ1v) is 6.30. The Morgan fingerprint density at radius 2 is 1.83 bits per heavy atom. The Morgan fingerprint density at radius 3 is 2.39 bits per heavy atom. The van der Waals surface area contributed by atoms with Gasteiger partial charge in [-0.05, 0) is 6.42 Å². The van der Waals surface area contributed by atoms with Crippen LogP contribution in [0.4, 0.5) is 14.5 Å². The predicted molar refractivity (Wildman–Crippen MR) is 67.2 cm³/mol. The minimum absolute atomic E-state index is 0.268. The Kier molecular flexibility index (Phi) is 4.36. The summed E-state index contributed by atoms with van der Waals surface area (Å²) in [5.74, 6) is -1.52. The van der Waals surface area contributed by atoms with Gasteiger partial charge in [0.1, 0.15) is 0 Å². The van der Waals surface area contributed by atoms with E-state index in [9.17, 15) is 8.78 Å². The van der Waals surface area contributed by atoms with Crippen molar-refractivity contribution >= 4 is 5.69 Å². The molecule has 5 heteroatoms. The molecule has 100 valence electrons. The molecule has 1 N–H and O–H groups in total. The fraction of sp³-hybridized carbons (Fsp3) is 0.538. The monoisotopic (exact) mass is 256 g/mol. The molecule has 0 aliphatic carbocycles. The van der Waals surface area contributed by atoms with E-state index < -0.39 is 11.6 Å². The van der Waals surface area contributed by atoms with Crippen LogP contribution >= 0.6 is 0 Å². The molecule has 0 amide bonds. The van der Waals surface area contributed by atoms with Gasteiger partial charge in [0.05, 0.1) is 6.61 Å². The van der Waals surface area contributed by atoms with Crippen LogP contribution in [-0.4, -0.2) is 32.8 Å². The van der Waals surface area contributed by atoms with Crippen molar-refractivity contribution in [3.63, 3.8) is 0 Å². The van der Waals surface area contributed by atoms with Crippen LogP contribution in [0.25, 0.3) is 0 Å². The maximum atomic E-state index is 13.8. The molecule has 0 aromatic heterocycles. The third-order valence-corrected chi connectivity index (χ3v) is 2.92. The van der Waals surface area contributed by atoms with Gasteiger partial charge in [-0.2, -0.15) is 0 Å². The van der Waals surface area contributed by atoms with Gasteiger partial charge < -0.3 is 15.0 Å². The van der Waals surface area contributed by atoms with Gasteiger partial charge in [-0.25, -0.2) is 8.78 Å². The number of hydrogen-bond acceptors (Lipinski definition) is 3. The molecule has 1 aliphatic rings. The van der Waals surface area contributed by atoms with Crippen molar-refractivity contribution in [3.8, 4) is 5.75 Å². The van der Waals surface area contributed by atoms with E-state index in [-0.39, 0.29) is 5.75 Å². The van der Waals surface area contributed by atoms with Crippen molar-refractivity contribution in [1.82, 2.24) is 5.32 Å². The molecular formula is C13H18F2N2O. The molecule has 1 aliphatic heterocycles. The van der Waals surface area contributed by atoms with E-state index in [1.807, 2.05) is 11.8 Å². The van der Waals surface area contributed by atoms with Crippen molar-refractivity contribution in [3.05, 3.63) is 23.8 Å². The number of nitrogens with one attached hydrogen (secondary N) is 1. The zero-order chi connectivity index (χ0) is 13.0. The Morgan fingerprint density at radius 1 is 1.22 bits per heavy atom. The normalized spacial score (nSPS) is 15.8. The van der Waals surface area contributed by atoms with Crippen LogP contribution < -0.4 is 15.0 Å². The Bertz CT molecular complexity index is 383. The summed E-state index contributed by atoms with van der Waals surface area (Å²) in [7, 11) is 0. The average molecular weight is 256 g/mol. The number of piperazine rings is 1. The summed E-state index contributed by atoms with van der Waals surface area (Å²) >= 11 is 0. The van der Waals surface area contributed by atoms with Crippen LogP contribution in [0.2, 0.25) is 0 Å². The molecule has 0 atom stereocenters. The number of ether oxygens (including phenoxy) is 1. The third kappa shape index (κ3) is 2.90. The summed E-state index contributed by atoms with van der Waals surface area (Å²) in [4.78, 5) is 1.96. The summed E-state index contributed by atoms with van der Waals surface area (Å²) in [6.45, 7) is 5.39. The number of benzene rings is 1. The SMILES string of the molecule is CCCOc1c(F)cc(N2CCNCC2)cc1F. The van der Waals surface area contributed by atoms with Crippen LogP contribution in [-0.2, 0) is 0 Å². The molecule has 1 aromatic carbocycles. The highest BCUT2D eigenvalue weighted by atomic mass is 19.1. The highest BCUT2D eigenvalue weighted by Gasteiger charge is 2.17. The lowest BCUT2D eigenvalue weighted by molar-refractivity contribution is 0.285. The maximum Gasteiger partial charge on any atom is 0.190 e. The fourth-order valence-corrected chi connectivity index (χ4v) is 1.99. The van der Waals surface area contributed by atoms with Gasteiger partial charge in [-0.3, -0.25) is 0 Å². The Hall–Kier alpha value is -1.36. The lowest BCUT2D eigenvalue weighted by atomic mass is 10.2. The van der Waals surface area contributed by atoms with Crippen LogP contribution in [0.1, 0.15) is 13.3 Å². The second-order valence-corrected chi connectivity index (χ2v) is 4.32. The van der Waals surface area contributed by atoms with E-state index in [0.29, 0.717) is 12.3 Å².